The quantitative estimate of drug-likeness (QED) is 0.193. The largest absolute Gasteiger partial charge is 0.481 e. The molecule has 0 amide bonds. The van der Waals surface area contributed by atoms with Gasteiger partial charge in [0.15, 0.2) is 0 Å². The van der Waals surface area contributed by atoms with Crippen molar-refractivity contribution < 1.29 is 58.2 Å². The van der Waals surface area contributed by atoms with E-state index in [4.69, 9.17) is 24.9 Å². The molecule has 0 fully saturated rings. The number of rotatable bonds is 9. The van der Waals surface area contributed by atoms with Crippen molar-refractivity contribution in [2.45, 2.75) is 24.4 Å². The van der Waals surface area contributed by atoms with Crippen LogP contribution in [-0.2, 0) is 18.0 Å². The van der Waals surface area contributed by atoms with Crippen molar-refractivity contribution in [3.05, 3.63) is 0 Å². The van der Waals surface area contributed by atoms with Gasteiger partial charge in [-0.1, -0.05) is 0 Å². The fraction of sp³-hybridized carbons (Fsp3) is 1.00. The van der Waals surface area contributed by atoms with E-state index in [9.17, 15) is 24.4 Å². The molecule has 0 aliphatic heterocycles. The number of aliphatic hydroxyl groups excluding tert-OH is 5. The van der Waals surface area contributed by atoms with Crippen LogP contribution in [0.25, 0.3) is 0 Å². The zero-order valence-electron chi connectivity index (χ0n) is 9.83. The lowest BCUT2D eigenvalue weighted by Gasteiger charge is -2.25. The summed E-state index contributed by atoms with van der Waals surface area (Å²) in [6.07, 6.45) is -7.84. The number of aliphatic hydroxyl groups is 5. The smallest absolute Gasteiger partial charge is 0.394 e. The molecule has 0 aromatic rings. The van der Waals surface area contributed by atoms with E-state index in [1.165, 1.54) is 0 Å². The summed E-state index contributed by atoms with van der Waals surface area (Å²) in [7, 11) is -10.5. The summed E-state index contributed by atoms with van der Waals surface area (Å²) in [6, 6.07) is 0. The monoisotopic (exact) mass is 342 g/mol. The first kappa shape index (κ1) is 20.1. The van der Waals surface area contributed by atoms with E-state index in [0.29, 0.717) is 0 Å². The van der Waals surface area contributed by atoms with Crippen molar-refractivity contribution in [3.8, 4) is 0 Å². The number of hydrogen-bond acceptors (Lipinski definition) is 9. The Morgan fingerprint density at radius 2 is 1.35 bits per heavy atom. The first-order chi connectivity index (χ1) is 8.89. The molecule has 5 atom stereocenters. The zero-order valence-corrected chi connectivity index (χ0v) is 11.6. The van der Waals surface area contributed by atoms with Crippen LogP contribution < -0.4 is 0 Å². The van der Waals surface area contributed by atoms with Gasteiger partial charge >= 0.3 is 15.6 Å². The Hall–Kier alpha value is 0.0600. The maximum absolute atomic E-state index is 11.0. The second-order valence-corrected chi connectivity index (χ2v) is 6.46. The Morgan fingerprint density at radius 1 is 0.900 bits per heavy atom. The maximum atomic E-state index is 11.0. The highest BCUT2D eigenvalue weighted by atomic mass is 31.3. The average Bonchev–Trinajstić information content (AvgIpc) is 2.30. The Labute approximate surface area is 112 Å². The van der Waals surface area contributed by atoms with Crippen LogP contribution in [0.15, 0.2) is 0 Å². The molecule has 0 aromatic heterocycles. The third kappa shape index (κ3) is 7.74. The van der Waals surface area contributed by atoms with Crippen LogP contribution >= 0.6 is 15.6 Å². The molecule has 0 spiro atoms. The maximum Gasteiger partial charge on any atom is 0.481 e. The van der Waals surface area contributed by atoms with Gasteiger partial charge in [0.1, 0.15) is 24.4 Å². The number of hydrogen-bond donors (Lipinski definition) is 8. The van der Waals surface area contributed by atoms with Gasteiger partial charge in [0, 0.05) is 0 Å². The molecule has 0 saturated carbocycles. The van der Waals surface area contributed by atoms with Crippen LogP contribution in [0.1, 0.15) is 0 Å². The van der Waals surface area contributed by atoms with Crippen molar-refractivity contribution in [1.82, 2.24) is 0 Å². The summed E-state index contributed by atoms with van der Waals surface area (Å²) in [5.41, 5.74) is 0. The summed E-state index contributed by atoms with van der Waals surface area (Å²) in [5, 5.41) is 45.3. The summed E-state index contributed by atoms with van der Waals surface area (Å²) >= 11 is 0. The zero-order chi connectivity index (χ0) is 16.1. The highest BCUT2D eigenvalue weighted by Crippen LogP contribution is 2.57. The standard InChI is InChI=1S/C6H16O12P2/c7-1-3(8)5(10)6(11)4(9)2-17-20(15,16)18-19(12,13)14/h3-11H,1-2H2,(H,15,16)(H2,12,13,14)/t3-,4+,5-,6-/m1/s1. The molecule has 0 rings (SSSR count). The number of phosphoric acid groups is 2. The molecular formula is C6H16O12P2. The van der Waals surface area contributed by atoms with Gasteiger partial charge in [-0.3, -0.25) is 4.52 Å². The number of phosphoric ester groups is 1. The van der Waals surface area contributed by atoms with Gasteiger partial charge in [0.05, 0.1) is 13.2 Å². The molecule has 122 valence electrons. The van der Waals surface area contributed by atoms with Gasteiger partial charge in [0.2, 0.25) is 0 Å². The summed E-state index contributed by atoms with van der Waals surface area (Å²) in [5.74, 6) is 0. The molecule has 0 heterocycles. The molecule has 0 aliphatic carbocycles. The summed E-state index contributed by atoms with van der Waals surface area (Å²) < 4.78 is 28.7. The molecule has 1 unspecified atom stereocenters. The van der Waals surface area contributed by atoms with Crippen LogP contribution in [0.2, 0.25) is 0 Å². The minimum absolute atomic E-state index is 0.925. The second-order valence-electron chi connectivity index (χ2n) is 3.64. The van der Waals surface area contributed by atoms with Crippen LogP contribution in [0.4, 0.5) is 0 Å². The van der Waals surface area contributed by atoms with Crippen molar-refractivity contribution >= 4 is 15.6 Å². The van der Waals surface area contributed by atoms with Crippen LogP contribution in [0, 0.1) is 0 Å². The highest BCUT2D eigenvalue weighted by Gasteiger charge is 2.35. The van der Waals surface area contributed by atoms with Gasteiger partial charge in [-0.2, -0.15) is 4.31 Å². The van der Waals surface area contributed by atoms with E-state index in [-0.39, 0.29) is 0 Å². The van der Waals surface area contributed by atoms with E-state index in [2.05, 4.69) is 8.83 Å². The van der Waals surface area contributed by atoms with Crippen molar-refractivity contribution in [3.63, 3.8) is 0 Å². The SMILES string of the molecule is O=P(O)(O)OP(=O)(O)OC[C@H](O)[C@@H](O)[C@H](O)[C@H](O)CO. The van der Waals surface area contributed by atoms with Gasteiger partial charge in [-0.25, -0.2) is 9.13 Å². The van der Waals surface area contributed by atoms with Crippen LogP contribution in [0.3, 0.4) is 0 Å². The van der Waals surface area contributed by atoms with Crippen molar-refractivity contribution in [2.24, 2.45) is 0 Å². The van der Waals surface area contributed by atoms with Crippen molar-refractivity contribution in [1.29, 1.82) is 0 Å². The lowest BCUT2D eigenvalue weighted by atomic mass is 10.0. The molecule has 8 N–H and O–H groups in total. The third-order valence-electron chi connectivity index (χ3n) is 1.94. The fourth-order valence-corrected chi connectivity index (χ4v) is 2.60. The van der Waals surface area contributed by atoms with E-state index in [0.717, 1.165) is 0 Å². The minimum atomic E-state index is -5.32. The Morgan fingerprint density at radius 3 is 1.75 bits per heavy atom. The lowest BCUT2D eigenvalue weighted by Crippen LogP contribution is -2.47. The second kappa shape index (κ2) is 7.90. The van der Waals surface area contributed by atoms with Gasteiger partial charge in [-0.05, 0) is 0 Å². The third-order valence-corrected chi connectivity index (χ3v) is 4.10. The Bertz CT molecular complexity index is 380. The minimum Gasteiger partial charge on any atom is -0.394 e. The topological polar surface area (TPSA) is 214 Å². The Balaban J connectivity index is 4.44. The van der Waals surface area contributed by atoms with Gasteiger partial charge in [0.25, 0.3) is 0 Å². The van der Waals surface area contributed by atoms with E-state index in [1.807, 2.05) is 0 Å². The molecule has 0 saturated heterocycles. The molecule has 0 aliphatic rings. The summed E-state index contributed by atoms with van der Waals surface area (Å²) in [6.45, 7) is -2.07. The molecular weight excluding hydrogens is 326 g/mol. The lowest BCUT2D eigenvalue weighted by molar-refractivity contribution is -0.122. The van der Waals surface area contributed by atoms with E-state index >= 15 is 0 Å². The molecule has 0 radical (unpaired) electrons. The predicted octanol–water partition coefficient (Wildman–Crippen LogP) is -3.35. The normalized spacial score (nSPS) is 21.8. The van der Waals surface area contributed by atoms with Crippen molar-refractivity contribution in [2.75, 3.05) is 13.2 Å². The summed E-state index contributed by atoms with van der Waals surface area (Å²) in [4.78, 5) is 25.4. The van der Waals surface area contributed by atoms with E-state index in [1.54, 1.807) is 0 Å². The molecule has 12 nitrogen and oxygen atoms in total. The molecule has 14 heteroatoms. The van der Waals surface area contributed by atoms with Crippen LogP contribution in [-0.4, -0.2) is 77.8 Å². The Kier molecular flexibility index (Phi) is 7.92. The van der Waals surface area contributed by atoms with Gasteiger partial charge in [-0.15, -0.1) is 0 Å². The fourth-order valence-electron chi connectivity index (χ4n) is 0.990. The predicted molar refractivity (Wildman–Crippen MR) is 60.0 cm³/mol. The first-order valence-electron chi connectivity index (χ1n) is 4.97. The van der Waals surface area contributed by atoms with Gasteiger partial charge < -0.3 is 40.2 Å². The van der Waals surface area contributed by atoms with E-state index < -0.39 is 53.3 Å². The van der Waals surface area contributed by atoms with Crippen LogP contribution in [0.5, 0.6) is 0 Å². The molecule has 0 bridgehead atoms. The first-order valence-corrected chi connectivity index (χ1v) is 7.99. The average molecular weight is 342 g/mol. The highest BCUT2D eigenvalue weighted by molar-refractivity contribution is 7.60. The molecule has 0 aromatic carbocycles. The molecule has 20 heavy (non-hydrogen) atoms.